The Morgan fingerprint density at radius 1 is 0.971 bits per heavy atom. The molecule has 0 aliphatic rings. The standard InChI is InChI=1S/C25H27N3O5S/c1-19-15-22(13-14-23(19)32-2)34(30,31)28(17-20-9-5-4-6-10-20)18-25(29)27-26-16-21-11-7-8-12-24(21)33-3/h4-16H,17-18H2,1-3H3,(H,27,29). The normalized spacial score (nSPS) is 11.5. The molecule has 0 aromatic heterocycles. The van der Waals surface area contributed by atoms with Crippen LogP contribution in [0, 0.1) is 6.92 Å². The van der Waals surface area contributed by atoms with Crippen molar-refractivity contribution in [1.29, 1.82) is 0 Å². The Kier molecular flexibility index (Phi) is 8.39. The summed E-state index contributed by atoms with van der Waals surface area (Å²) in [6.45, 7) is 1.38. The number of carbonyl (C=O) groups is 1. The van der Waals surface area contributed by atoms with E-state index in [0.717, 1.165) is 9.87 Å². The Morgan fingerprint density at radius 3 is 2.32 bits per heavy atom. The molecule has 8 nitrogen and oxygen atoms in total. The maximum absolute atomic E-state index is 13.5. The lowest BCUT2D eigenvalue weighted by molar-refractivity contribution is -0.121. The van der Waals surface area contributed by atoms with Crippen molar-refractivity contribution in [2.24, 2.45) is 5.10 Å². The molecule has 0 fully saturated rings. The first-order chi connectivity index (χ1) is 16.3. The van der Waals surface area contributed by atoms with Gasteiger partial charge in [0, 0.05) is 12.1 Å². The summed E-state index contributed by atoms with van der Waals surface area (Å²) in [6, 6.07) is 20.9. The fourth-order valence-corrected chi connectivity index (χ4v) is 4.79. The van der Waals surface area contributed by atoms with E-state index in [1.165, 1.54) is 25.5 Å². The number of ether oxygens (including phenoxy) is 2. The van der Waals surface area contributed by atoms with Gasteiger partial charge in [0.25, 0.3) is 5.91 Å². The summed E-state index contributed by atoms with van der Waals surface area (Å²) >= 11 is 0. The molecular weight excluding hydrogens is 454 g/mol. The van der Waals surface area contributed by atoms with Crippen LogP contribution in [0.2, 0.25) is 0 Å². The number of para-hydroxylation sites is 1. The quantitative estimate of drug-likeness (QED) is 0.354. The summed E-state index contributed by atoms with van der Waals surface area (Å²) in [7, 11) is -0.923. The van der Waals surface area contributed by atoms with Crippen LogP contribution in [0.4, 0.5) is 0 Å². The molecule has 0 radical (unpaired) electrons. The predicted molar refractivity (Wildman–Crippen MR) is 130 cm³/mol. The van der Waals surface area contributed by atoms with Crippen molar-refractivity contribution in [2.45, 2.75) is 18.4 Å². The first-order valence-corrected chi connectivity index (χ1v) is 11.9. The summed E-state index contributed by atoms with van der Waals surface area (Å²) in [5, 5.41) is 3.96. The number of rotatable bonds is 10. The monoisotopic (exact) mass is 481 g/mol. The van der Waals surface area contributed by atoms with Gasteiger partial charge in [0.1, 0.15) is 11.5 Å². The third-order valence-electron chi connectivity index (χ3n) is 5.06. The van der Waals surface area contributed by atoms with Crippen molar-refractivity contribution in [1.82, 2.24) is 9.73 Å². The second-order valence-electron chi connectivity index (χ2n) is 7.43. The lowest BCUT2D eigenvalue weighted by Crippen LogP contribution is -2.39. The van der Waals surface area contributed by atoms with Gasteiger partial charge < -0.3 is 9.47 Å². The highest BCUT2D eigenvalue weighted by molar-refractivity contribution is 7.89. The van der Waals surface area contributed by atoms with Crippen molar-refractivity contribution in [3.63, 3.8) is 0 Å². The van der Waals surface area contributed by atoms with E-state index < -0.39 is 22.5 Å². The lowest BCUT2D eigenvalue weighted by Gasteiger charge is -2.22. The van der Waals surface area contributed by atoms with Crippen molar-refractivity contribution in [2.75, 3.05) is 20.8 Å². The molecular formula is C25H27N3O5S. The number of benzene rings is 3. The molecule has 1 N–H and O–H groups in total. The number of methoxy groups -OCH3 is 2. The fourth-order valence-electron chi connectivity index (χ4n) is 3.32. The number of hydrazone groups is 1. The average Bonchev–Trinajstić information content (AvgIpc) is 2.84. The molecule has 3 aromatic carbocycles. The second-order valence-corrected chi connectivity index (χ2v) is 9.36. The number of nitrogens with one attached hydrogen (secondary N) is 1. The zero-order chi connectivity index (χ0) is 24.6. The van der Waals surface area contributed by atoms with Gasteiger partial charge in [0.05, 0.1) is 31.9 Å². The summed E-state index contributed by atoms with van der Waals surface area (Å²) in [6.07, 6.45) is 1.44. The molecule has 178 valence electrons. The van der Waals surface area contributed by atoms with Gasteiger partial charge in [-0.3, -0.25) is 4.79 Å². The molecule has 0 bridgehead atoms. The Balaban J connectivity index is 1.82. The van der Waals surface area contributed by atoms with Crippen molar-refractivity contribution in [3.8, 4) is 11.5 Å². The minimum absolute atomic E-state index is 0.0257. The van der Waals surface area contributed by atoms with Crippen LogP contribution in [-0.2, 0) is 21.4 Å². The molecule has 1 amide bonds. The Morgan fingerprint density at radius 2 is 1.65 bits per heavy atom. The van der Waals surface area contributed by atoms with Gasteiger partial charge in [0.15, 0.2) is 0 Å². The lowest BCUT2D eigenvalue weighted by atomic mass is 10.2. The highest BCUT2D eigenvalue weighted by Crippen LogP contribution is 2.24. The second kappa shape index (κ2) is 11.4. The van der Waals surface area contributed by atoms with Crippen molar-refractivity contribution in [3.05, 3.63) is 89.5 Å². The molecule has 0 saturated carbocycles. The largest absolute Gasteiger partial charge is 0.496 e. The molecule has 0 aliphatic heterocycles. The predicted octanol–water partition coefficient (Wildman–Crippen LogP) is 3.35. The molecule has 0 atom stereocenters. The smallest absolute Gasteiger partial charge is 0.255 e. The third kappa shape index (κ3) is 6.21. The molecule has 0 heterocycles. The molecule has 0 spiro atoms. The molecule has 0 unspecified atom stereocenters. The average molecular weight is 482 g/mol. The third-order valence-corrected chi connectivity index (χ3v) is 6.85. The van der Waals surface area contributed by atoms with Crippen LogP contribution in [0.25, 0.3) is 0 Å². The van der Waals surface area contributed by atoms with E-state index in [2.05, 4.69) is 10.5 Å². The Labute approximate surface area is 199 Å². The summed E-state index contributed by atoms with van der Waals surface area (Å²) in [5.74, 6) is 0.608. The van der Waals surface area contributed by atoms with Crippen LogP contribution >= 0.6 is 0 Å². The molecule has 0 aliphatic carbocycles. The van der Waals surface area contributed by atoms with Gasteiger partial charge in [0.2, 0.25) is 10.0 Å². The highest BCUT2D eigenvalue weighted by Gasteiger charge is 2.27. The van der Waals surface area contributed by atoms with Crippen molar-refractivity contribution >= 4 is 22.1 Å². The minimum atomic E-state index is -3.98. The summed E-state index contributed by atoms with van der Waals surface area (Å²) in [5.41, 5.74) is 4.50. The van der Waals surface area contributed by atoms with E-state index in [4.69, 9.17) is 9.47 Å². The molecule has 34 heavy (non-hydrogen) atoms. The van der Waals surface area contributed by atoms with Crippen LogP contribution in [-0.4, -0.2) is 45.6 Å². The van der Waals surface area contributed by atoms with Gasteiger partial charge in [-0.2, -0.15) is 9.41 Å². The van der Waals surface area contributed by atoms with E-state index in [1.807, 2.05) is 30.3 Å². The van der Waals surface area contributed by atoms with E-state index in [-0.39, 0.29) is 11.4 Å². The van der Waals surface area contributed by atoms with Crippen molar-refractivity contribution < 1.29 is 22.7 Å². The number of sulfonamides is 1. The molecule has 9 heteroatoms. The van der Waals surface area contributed by atoms with E-state index >= 15 is 0 Å². The van der Waals surface area contributed by atoms with Gasteiger partial charge in [-0.15, -0.1) is 0 Å². The highest BCUT2D eigenvalue weighted by atomic mass is 32.2. The van der Waals surface area contributed by atoms with Gasteiger partial charge in [-0.05, 0) is 48.4 Å². The zero-order valence-corrected chi connectivity index (χ0v) is 20.1. The Bertz CT molecular complexity index is 1260. The van der Waals surface area contributed by atoms with Gasteiger partial charge in [-0.1, -0.05) is 42.5 Å². The molecule has 0 saturated heterocycles. The zero-order valence-electron chi connectivity index (χ0n) is 19.3. The number of carbonyl (C=O) groups excluding carboxylic acids is 1. The molecule has 3 rings (SSSR count). The van der Waals surface area contributed by atoms with Crippen LogP contribution in [0.15, 0.2) is 82.8 Å². The maximum Gasteiger partial charge on any atom is 0.255 e. The van der Waals surface area contributed by atoms with Gasteiger partial charge >= 0.3 is 0 Å². The summed E-state index contributed by atoms with van der Waals surface area (Å²) < 4.78 is 38.5. The number of amides is 1. The molecule has 3 aromatic rings. The van der Waals surface area contributed by atoms with Gasteiger partial charge in [-0.25, -0.2) is 13.8 Å². The number of nitrogens with zero attached hydrogens (tertiary/aromatic N) is 2. The SMILES string of the molecule is COc1ccc(S(=O)(=O)N(CC(=O)NN=Cc2ccccc2OC)Cc2ccccc2)cc1C. The van der Waals surface area contributed by atoms with Crippen LogP contribution < -0.4 is 14.9 Å². The number of hydrogen-bond donors (Lipinski definition) is 1. The van der Waals surface area contributed by atoms with Crippen LogP contribution in [0.5, 0.6) is 11.5 Å². The topological polar surface area (TPSA) is 97.3 Å². The maximum atomic E-state index is 13.5. The minimum Gasteiger partial charge on any atom is -0.496 e. The number of hydrogen-bond acceptors (Lipinski definition) is 6. The Hall–Kier alpha value is -3.69. The van der Waals surface area contributed by atoms with E-state index in [9.17, 15) is 13.2 Å². The van der Waals surface area contributed by atoms with E-state index in [1.54, 1.807) is 44.4 Å². The summed E-state index contributed by atoms with van der Waals surface area (Å²) in [4.78, 5) is 12.7. The van der Waals surface area contributed by atoms with Crippen LogP contribution in [0.1, 0.15) is 16.7 Å². The first kappa shape index (κ1) is 24.9. The van der Waals surface area contributed by atoms with Crippen LogP contribution in [0.3, 0.4) is 0 Å². The fraction of sp³-hybridized carbons (Fsp3) is 0.200. The van der Waals surface area contributed by atoms with E-state index in [0.29, 0.717) is 22.6 Å². The first-order valence-electron chi connectivity index (χ1n) is 10.5. The number of aryl methyl sites for hydroxylation is 1.